The van der Waals surface area contributed by atoms with Crippen LogP contribution in [0.5, 0.6) is 0 Å². The zero-order valence-corrected chi connectivity index (χ0v) is 3.95. The summed E-state index contributed by atoms with van der Waals surface area (Å²) in [6.07, 6.45) is 4.52. The Labute approximate surface area is 38.5 Å². The van der Waals surface area contributed by atoms with Crippen molar-refractivity contribution in [1.29, 1.82) is 0 Å². The van der Waals surface area contributed by atoms with Crippen molar-refractivity contribution in [1.82, 2.24) is 0 Å². The number of halogens is 1. The lowest BCUT2D eigenvalue weighted by molar-refractivity contribution is -0.105. The van der Waals surface area contributed by atoms with Gasteiger partial charge in [0.05, 0.1) is 0 Å². The standard InChI is InChI=1S/C3HBrO/c1-2-3(4)5/h1H. The molecule has 2 heteroatoms. The van der Waals surface area contributed by atoms with Crippen LogP contribution in [0.25, 0.3) is 0 Å². The highest BCUT2D eigenvalue weighted by molar-refractivity contribution is 9.18. The molecule has 0 aromatic carbocycles. The molecule has 0 aromatic heterocycles. The number of carbonyl (C=O) groups excluding carboxylic acids is 1. The van der Waals surface area contributed by atoms with Crippen molar-refractivity contribution in [3.63, 3.8) is 0 Å². The van der Waals surface area contributed by atoms with Gasteiger partial charge in [0.1, 0.15) is 0 Å². The van der Waals surface area contributed by atoms with E-state index in [0.29, 0.717) is 0 Å². The third-order valence-corrected chi connectivity index (χ3v) is 0.342. The fraction of sp³-hybridized carbons (Fsp3) is 0. The number of carbonyl (C=O) groups is 1. The van der Waals surface area contributed by atoms with Crippen molar-refractivity contribution in [2.45, 2.75) is 0 Å². The monoisotopic (exact) mass is 132 g/mol. The van der Waals surface area contributed by atoms with Crippen molar-refractivity contribution < 1.29 is 4.79 Å². The van der Waals surface area contributed by atoms with E-state index >= 15 is 0 Å². The Morgan fingerprint density at radius 1 is 2.00 bits per heavy atom. The van der Waals surface area contributed by atoms with Crippen LogP contribution in [-0.4, -0.2) is 4.69 Å². The lowest BCUT2D eigenvalue weighted by Crippen LogP contribution is -1.68. The SMILES string of the molecule is C#CC(=O)Br. The second-order valence-corrected chi connectivity index (χ2v) is 1.14. The predicted octanol–water partition coefficient (Wildman–Crippen LogP) is 0.541. The van der Waals surface area contributed by atoms with Crippen LogP contribution in [0.1, 0.15) is 0 Å². The molecule has 0 amide bonds. The molecule has 0 unspecified atom stereocenters. The topological polar surface area (TPSA) is 17.1 Å². The second-order valence-electron chi connectivity index (χ2n) is 0.418. The molecule has 0 N–H and O–H groups in total. The summed E-state index contributed by atoms with van der Waals surface area (Å²) < 4.78 is -0.405. The van der Waals surface area contributed by atoms with Crippen LogP contribution in [0, 0.1) is 12.3 Å². The first-order chi connectivity index (χ1) is 2.27. The maximum atomic E-state index is 9.49. The third kappa shape index (κ3) is 3.71. The Bertz CT molecular complexity index is 79.4. The van der Waals surface area contributed by atoms with E-state index in [9.17, 15) is 4.79 Å². The number of hydrogen-bond donors (Lipinski definition) is 0. The average molecular weight is 133 g/mol. The first-order valence-corrected chi connectivity index (χ1v) is 1.72. The minimum absolute atomic E-state index is 0.405. The molecule has 0 saturated heterocycles. The molecule has 0 spiro atoms. The van der Waals surface area contributed by atoms with Crippen LogP contribution in [0.15, 0.2) is 0 Å². The van der Waals surface area contributed by atoms with Crippen LogP contribution >= 0.6 is 15.9 Å². The van der Waals surface area contributed by atoms with Crippen molar-refractivity contribution in [3.05, 3.63) is 0 Å². The zero-order chi connectivity index (χ0) is 4.28. The van der Waals surface area contributed by atoms with Crippen molar-refractivity contribution >= 4 is 20.6 Å². The molecule has 1 nitrogen and oxygen atoms in total. The van der Waals surface area contributed by atoms with Gasteiger partial charge in [-0.05, 0) is 5.92 Å². The second kappa shape index (κ2) is 1.98. The first kappa shape index (κ1) is 4.71. The summed E-state index contributed by atoms with van der Waals surface area (Å²) in [7, 11) is 0. The van der Waals surface area contributed by atoms with Crippen molar-refractivity contribution in [2.24, 2.45) is 0 Å². The number of rotatable bonds is 0. The minimum Gasteiger partial charge on any atom is -0.272 e. The van der Waals surface area contributed by atoms with E-state index in [0.717, 1.165) is 0 Å². The lowest BCUT2D eigenvalue weighted by Gasteiger charge is -1.54. The maximum absolute atomic E-state index is 9.49. The van der Waals surface area contributed by atoms with E-state index in [4.69, 9.17) is 0 Å². The Hall–Kier alpha value is -0.290. The third-order valence-electron chi connectivity index (χ3n) is 0.113. The van der Waals surface area contributed by atoms with E-state index < -0.39 is 4.69 Å². The molecule has 0 rings (SSSR count). The van der Waals surface area contributed by atoms with Gasteiger partial charge < -0.3 is 0 Å². The average Bonchev–Trinajstić information content (AvgIpc) is 1.38. The molecule has 0 atom stereocenters. The molecule has 0 aliphatic heterocycles. The predicted molar refractivity (Wildman–Crippen MR) is 22.8 cm³/mol. The van der Waals surface area contributed by atoms with Crippen LogP contribution in [0.2, 0.25) is 0 Å². The van der Waals surface area contributed by atoms with Gasteiger partial charge in [0.25, 0.3) is 4.69 Å². The van der Waals surface area contributed by atoms with E-state index in [1.54, 1.807) is 5.92 Å². The summed E-state index contributed by atoms with van der Waals surface area (Å²) >= 11 is 2.50. The van der Waals surface area contributed by atoms with Crippen molar-refractivity contribution in [3.8, 4) is 12.3 Å². The Morgan fingerprint density at radius 3 is 2.20 bits per heavy atom. The summed E-state index contributed by atoms with van der Waals surface area (Å²) in [6.45, 7) is 0. The fourth-order valence-electron chi connectivity index (χ4n) is 0. The van der Waals surface area contributed by atoms with E-state index in [1.165, 1.54) is 0 Å². The quantitative estimate of drug-likeness (QED) is 0.348. The van der Waals surface area contributed by atoms with Gasteiger partial charge in [-0.25, -0.2) is 0 Å². The summed E-state index contributed by atoms with van der Waals surface area (Å²) in [5.74, 6) is 1.81. The highest BCUT2D eigenvalue weighted by Gasteiger charge is 1.74. The highest BCUT2D eigenvalue weighted by atomic mass is 79.9. The largest absolute Gasteiger partial charge is 0.272 e. The minimum atomic E-state index is -0.405. The molecular weight excluding hydrogens is 132 g/mol. The van der Waals surface area contributed by atoms with Gasteiger partial charge in [-0.1, -0.05) is 0 Å². The van der Waals surface area contributed by atoms with Gasteiger partial charge in [0.2, 0.25) is 0 Å². The lowest BCUT2D eigenvalue weighted by atomic mass is 10.8. The molecule has 0 aliphatic carbocycles. The summed E-state index contributed by atoms with van der Waals surface area (Å²) in [5, 5.41) is 0. The van der Waals surface area contributed by atoms with Crippen molar-refractivity contribution in [2.75, 3.05) is 0 Å². The van der Waals surface area contributed by atoms with E-state index in [-0.39, 0.29) is 0 Å². The fourth-order valence-corrected chi connectivity index (χ4v) is 0. The van der Waals surface area contributed by atoms with Gasteiger partial charge in [-0.15, -0.1) is 6.42 Å². The van der Waals surface area contributed by atoms with Gasteiger partial charge in [-0.3, -0.25) is 4.79 Å². The van der Waals surface area contributed by atoms with Crippen LogP contribution in [-0.2, 0) is 4.79 Å². The summed E-state index contributed by atoms with van der Waals surface area (Å²) in [5.41, 5.74) is 0. The number of hydrogen-bond acceptors (Lipinski definition) is 1. The highest BCUT2D eigenvalue weighted by Crippen LogP contribution is 1.75. The molecule has 5 heavy (non-hydrogen) atoms. The Balaban J connectivity index is 3.35. The number of terminal acetylenes is 1. The molecule has 0 bridgehead atoms. The van der Waals surface area contributed by atoms with Gasteiger partial charge in [-0.2, -0.15) is 0 Å². The molecule has 26 valence electrons. The zero-order valence-electron chi connectivity index (χ0n) is 2.36. The van der Waals surface area contributed by atoms with Crippen LogP contribution in [0.3, 0.4) is 0 Å². The molecule has 0 fully saturated rings. The summed E-state index contributed by atoms with van der Waals surface area (Å²) in [4.78, 5) is 9.49. The first-order valence-electron chi connectivity index (χ1n) is 0.932. The van der Waals surface area contributed by atoms with Gasteiger partial charge >= 0.3 is 0 Å². The molecule has 0 radical (unpaired) electrons. The smallest absolute Gasteiger partial charge is 0.270 e. The van der Waals surface area contributed by atoms with E-state index in [2.05, 4.69) is 22.4 Å². The van der Waals surface area contributed by atoms with Crippen LogP contribution < -0.4 is 0 Å². The van der Waals surface area contributed by atoms with E-state index in [1.807, 2.05) is 0 Å². The molecule has 0 aliphatic rings. The molecule has 0 heterocycles. The molecule has 0 aromatic rings. The maximum Gasteiger partial charge on any atom is 0.270 e. The molecular formula is C3HBrO. The van der Waals surface area contributed by atoms with Crippen LogP contribution in [0.4, 0.5) is 0 Å². The molecule has 0 saturated carbocycles. The van der Waals surface area contributed by atoms with Gasteiger partial charge in [0.15, 0.2) is 0 Å². The van der Waals surface area contributed by atoms with Gasteiger partial charge in [0, 0.05) is 15.9 Å². The normalized spacial score (nSPS) is 5.60. The Morgan fingerprint density at radius 2 is 2.20 bits per heavy atom. The summed E-state index contributed by atoms with van der Waals surface area (Å²) in [6, 6.07) is 0. The Kier molecular flexibility index (Phi) is 1.86.